The van der Waals surface area contributed by atoms with Gasteiger partial charge in [0.2, 0.25) is 5.65 Å². The SMILES string of the molecule is CCOC(=O)C1CCN(c2nc3ccccc3n3c(=O)n(Cc4ccccc4)nc23)CC1. The van der Waals surface area contributed by atoms with E-state index in [9.17, 15) is 9.59 Å². The minimum Gasteiger partial charge on any atom is -0.466 e. The van der Waals surface area contributed by atoms with Crippen molar-refractivity contribution in [2.24, 2.45) is 5.92 Å². The first-order chi connectivity index (χ1) is 15.7. The summed E-state index contributed by atoms with van der Waals surface area (Å²) < 4.78 is 8.34. The van der Waals surface area contributed by atoms with Gasteiger partial charge in [-0.25, -0.2) is 18.9 Å². The molecule has 2 aromatic heterocycles. The molecule has 164 valence electrons. The molecule has 4 aromatic rings. The highest BCUT2D eigenvalue weighted by Gasteiger charge is 2.29. The first kappa shape index (κ1) is 20.2. The Bertz CT molecular complexity index is 1320. The van der Waals surface area contributed by atoms with Gasteiger partial charge in [-0.05, 0) is 37.5 Å². The second-order valence-corrected chi connectivity index (χ2v) is 8.02. The molecule has 0 spiro atoms. The number of carbonyl (C=O) groups is 1. The molecule has 5 rings (SSSR count). The summed E-state index contributed by atoms with van der Waals surface area (Å²) in [5.41, 5.74) is 2.83. The van der Waals surface area contributed by atoms with E-state index in [0.29, 0.717) is 50.5 Å². The van der Waals surface area contributed by atoms with Crippen LogP contribution in [0.5, 0.6) is 0 Å². The van der Waals surface area contributed by atoms with Crippen molar-refractivity contribution >= 4 is 28.5 Å². The maximum absolute atomic E-state index is 13.4. The summed E-state index contributed by atoms with van der Waals surface area (Å²) in [5, 5.41) is 4.69. The first-order valence-corrected chi connectivity index (χ1v) is 11.0. The third kappa shape index (κ3) is 3.62. The second kappa shape index (κ2) is 8.45. The lowest BCUT2D eigenvalue weighted by molar-refractivity contribution is -0.148. The van der Waals surface area contributed by atoms with E-state index in [1.807, 2.05) is 61.5 Å². The van der Waals surface area contributed by atoms with Crippen molar-refractivity contribution in [3.05, 3.63) is 70.6 Å². The Hall–Kier alpha value is -3.68. The van der Waals surface area contributed by atoms with Crippen LogP contribution in [0.4, 0.5) is 5.82 Å². The Morgan fingerprint density at radius 2 is 1.78 bits per heavy atom. The van der Waals surface area contributed by atoms with Gasteiger partial charge in [0.05, 0.1) is 30.1 Å². The molecular weight excluding hydrogens is 406 g/mol. The van der Waals surface area contributed by atoms with Crippen LogP contribution in [0.25, 0.3) is 16.7 Å². The highest BCUT2D eigenvalue weighted by Crippen LogP contribution is 2.27. The smallest absolute Gasteiger partial charge is 0.351 e. The molecule has 2 aromatic carbocycles. The Kier molecular flexibility index (Phi) is 5.34. The van der Waals surface area contributed by atoms with E-state index in [1.165, 1.54) is 4.68 Å². The lowest BCUT2D eigenvalue weighted by Crippen LogP contribution is -2.37. The first-order valence-electron chi connectivity index (χ1n) is 11.0. The van der Waals surface area contributed by atoms with Gasteiger partial charge in [0.25, 0.3) is 0 Å². The number of piperidine rings is 1. The van der Waals surface area contributed by atoms with E-state index in [-0.39, 0.29) is 17.6 Å². The van der Waals surface area contributed by atoms with Gasteiger partial charge >= 0.3 is 11.7 Å². The van der Waals surface area contributed by atoms with Gasteiger partial charge in [0.15, 0.2) is 5.82 Å². The van der Waals surface area contributed by atoms with E-state index in [2.05, 4.69) is 10.00 Å². The third-order valence-electron chi connectivity index (χ3n) is 5.98. The average Bonchev–Trinajstić information content (AvgIpc) is 3.15. The minimum atomic E-state index is -0.190. The largest absolute Gasteiger partial charge is 0.466 e. The Balaban J connectivity index is 1.56. The summed E-state index contributed by atoms with van der Waals surface area (Å²) in [7, 11) is 0. The van der Waals surface area contributed by atoms with E-state index in [0.717, 1.165) is 16.6 Å². The van der Waals surface area contributed by atoms with Gasteiger partial charge in [-0.3, -0.25) is 4.79 Å². The number of hydrogen-bond donors (Lipinski definition) is 0. The summed E-state index contributed by atoms with van der Waals surface area (Å²) >= 11 is 0. The molecule has 0 N–H and O–H groups in total. The van der Waals surface area contributed by atoms with Crippen LogP contribution in [0.15, 0.2) is 59.4 Å². The molecule has 8 nitrogen and oxygen atoms in total. The normalized spacial score (nSPS) is 14.8. The fraction of sp³-hybridized carbons (Fsp3) is 0.333. The molecule has 0 atom stereocenters. The predicted octanol–water partition coefficient (Wildman–Crippen LogP) is 2.87. The quantitative estimate of drug-likeness (QED) is 0.452. The fourth-order valence-electron chi connectivity index (χ4n) is 4.34. The number of carbonyl (C=O) groups excluding carboxylic acids is 1. The molecular formula is C24H25N5O3. The average molecular weight is 431 g/mol. The molecule has 0 saturated carbocycles. The Morgan fingerprint density at radius 3 is 2.53 bits per heavy atom. The van der Waals surface area contributed by atoms with Crippen molar-refractivity contribution < 1.29 is 9.53 Å². The molecule has 1 fully saturated rings. The van der Waals surface area contributed by atoms with Crippen LogP contribution in [-0.4, -0.2) is 44.8 Å². The molecule has 1 saturated heterocycles. The summed E-state index contributed by atoms with van der Waals surface area (Å²) in [5.74, 6) is 0.447. The molecule has 0 aliphatic carbocycles. The van der Waals surface area contributed by atoms with Crippen molar-refractivity contribution in [2.45, 2.75) is 26.3 Å². The standard InChI is InChI=1S/C24H25N5O3/c1-2-32-23(30)18-12-14-27(15-13-18)21-22-26-28(16-17-8-4-3-5-9-17)24(31)29(22)20-11-7-6-10-19(20)25-21/h3-11,18H,2,12-16H2,1H3. The number of aromatic nitrogens is 4. The van der Waals surface area contributed by atoms with Crippen molar-refractivity contribution in [3.63, 3.8) is 0 Å². The van der Waals surface area contributed by atoms with Gasteiger partial charge < -0.3 is 9.64 Å². The number of fused-ring (bicyclic) bond motifs is 3. The molecule has 0 bridgehead atoms. The number of nitrogens with zero attached hydrogens (tertiary/aromatic N) is 5. The minimum absolute atomic E-state index is 0.0968. The van der Waals surface area contributed by atoms with Crippen LogP contribution in [-0.2, 0) is 16.1 Å². The van der Waals surface area contributed by atoms with E-state index >= 15 is 0 Å². The molecule has 0 amide bonds. The zero-order valence-electron chi connectivity index (χ0n) is 18.0. The molecule has 0 unspecified atom stereocenters. The number of hydrogen-bond acceptors (Lipinski definition) is 6. The molecule has 32 heavy (non-hydrogen) atoms. The fourth-order valence-corrected chi connectivity index (χ4v) is 4.34. The van der Waals surface area contributed by atoms with Crippen LogP contribution < -0.4 is 10.6 Å². The topological polar surface area (TPSA) is 81.7 Å². The van der Waals surface area contributed by atoms with Crippen molar-refractivity contribution in [1.82, 2.24) is 19.2 Å². The summed E-state index contributed by atoms with van der Waals surface area (Å²) in [4.78, 5) is 32.5. The highest BCUT2D eigenvalue weighted by atomic mass is 16.5. The maximum Gasteiger partial charge on any atom is 0.351 e. The number of anilines is 1. The molecule has 8 heteroatoms. The van der Waals surface area contributed by atoms with Crippen LogP contribution >= 0.6 is 0 Å². The van der Waals surface area contributed by atoms with Gasteiger partial charge in [0.1, 0.15) is 0 Å². The van der Waals surface area contributed by atoms with Crippen LogP contribution in [0.3, 0.4) is 0 Å². The highest BCUT2D eigenvalue weighted by molar-refractivity contribution is 5.83. The molecule has 0 radical (unpaired) electrons. The lowest BCUT2D eigenvalue weighted by Gasteiger charge is -2.31. The lowest BCUT2D eigenvalue weighted by atomic mass is 9.97. The number of para-hydroxylation sites is 2. The van der Waals surface area contributed by atoms with Gasteiger partial charge in [0, 0.05) is 13.1 Å². The van der Waals surface area contributed by atoms with Gasteiger partial charge in [-0.1, -0.05) is 42.5 Å². The van der Waals surface area contributed by atoms with Crippen molar-refractivity contribution in [1.29, 1.82) is 0 Å². The van der Waals surface area contributed by atoms with Gasteiger partial charge in [-0.15, -0.1) is 5.10 Å². The van der Waals surface area contributed by atoms with E-state index in [4.69, 9.17) is 9.72 Å². The zero-order valence-corrected chi connectivity index (χ0v) is 18.0. The summed E-state index contributed by atoms with van der Waals surface area (Å²) in [6.45, 7) is 3.93. The third-order valence-corrected chi connectivity index (χ3v) is 5.98. The maximum atomic E-state index is 13.4. The predicted molar refractivity (Wildman–Crippen MR) is 122 cm³/mol. The number of ether oxygens (including phenoxy) is 1. The van der Waals surface area contributed by atoms with E-state index < -0.39 is 0 Å². The molecule has 1 aliphatic heterocycles. The molecule has 3 heterocycles. The van der Waals surface area contributed by atoms with Crippen LogP contribution in [0.2, 0.25) is 0 Å². The molecule has 1 aliphatic rings. The van der Waals surface area contributed by atoms with Crippen LogP contribution in [0, 0.1) is 5.92 Å². The van der Waals surface area contributed by atoms with Crippen molar-refractivity contribution in [3.8, 4) is 0 Å². The Labute approximate surface area is 185 Å². The zero-order chi connectivity index (χ0) is 22.1. The van der Waals surface area contributed by atoms with Crippen LogP contribution in [0.1, 0.15) is 25.3 Å². The van der Waals surface area contributed by atoms with E-state index in [1.54, 1.807) is 4.40 Å². The number of rotatable bonds is 5. The second-order valence-electron chi connectivity index (χ2n) is 8.02. The monoisotopic (exact) mass is 431 g/mol. The summed E-state index contributed by atoms with van der Waals surface area (Å²) in [6, 6.07) is 17.4. The number of benzene rings is 2. The Morgan fingerprint density at radius 1 is 1.06 bits per heavy atom. The summed E-state index contributed by atoms with van der Waals surface area (Å²) in [6.07, 6.45) is 1.38. The van der Waals surface area contributed by atoms with Crippen molar-refractivity contribution in [2.75, 3.05) is 24.6 Å². The van der Waals surface area contributed by atoms with Gasteiger partial charge in [-0.2, -0.15) is 0 Å². The number of esters is 1.